The molecule has 5 rings (SSSR count). The molecular formula is C32H31F4N5O2. The van der Waals surface area contributed by atoms with Gasteiger partial charge < -0.3 is 9.64 Å². The molecule has 0 aliphatic carbocycles. The van der Waals surface area contributed by atoms with Crippen LogP contribution in [0.4, 0.5) is 17.6 Å². The van der Waals surface area contributed by atoms with Gasteiger partial charge in [-0.25, -0.2) is 4.98 Å². The highest BCUT2D eigenvalue weighted by atomic mass is 19.4. The highest BCUT2D eigenvalue weighted by molar-refractivity contribution is 6.00. The number of ether oxygens (including phenoxy) is 1. The van der Waals surface area contributed by atoms with Gasteiger partial charge in [0.15, 0.2) is 0 Å². The van der Waals surface area contributed by atoms with Crippen LogP contribution < -0.4 is 4.74 Å². The fraction of sp³-hybridized carbons (Fsp3) is 0.281. The van der Waals surface area contributed by atoms with Crippen molar-refractivity contribution in [2.45, 2.75) is 25.1 Å². The van der Waals surface area contributed by atoms with Crippen molar-refractivity contribution in [2.75, 3.05) is 33.7 Å². The van der Waals surface area contributed by atoms with Gasteiger partial charge in [0.05, 0.1) is 17.3 Å². The smallest absolute Gasteiger partial charge is 0.393 e. The molecule has 2 aromatic heterocycles. The Labute approximate surface area is 246 Å². The van der Waals surface area contributed by atoms with E-state index in [1.807, 2.05) is 6.08 Å². The van der Waals surface area contributed by atoms with E-state index in [2.05, 4.69) is 20.1 Å². The number of allylic oxidation sites excluding steroid dienone is 1. The van der Waals surface area contributed by atoms with Gasteiger partial charge >= 0.3 is 6.18 Å². The lowest BCUT2D eigenvalue weighted by atomic mass is 9.88. The predicted molar refractivity (Wildman–Crippen MR) is 157 cm³/mol. The summed E-state index contributed by atoms with van der Waals surface area (Å²) >= 11 is 0. The molecule has 7 nitrogen and oxygen atoms in total. The number of alkyl halides is 3. The van der Waals surface area contributed by atoms with Crippen molar-refractivity contribution in [1.82, 2.24) is 25.0 Å². The quantitative estimate of drug-likeness (QED) is 0.144. The van der Waals surface area contributed by atoms with Crippen LogP contribution >= 0.6 is 0 Å². The van der Waals surface area contributed by atoms with Crippen molar-refractivity contribution >= 4 is 28.0 Å². The second-order valence-electron chi connectivity index (χ2n) is 10.6. The van der Waals surface area contributed by atoms with Gasteiger partial charge in [-0.15, -0.1) is 0 Å². The van der Waals surface area contributed by atoms with Gasteiger partial charge in [-0.3, -0.25) is 14.8 Å². The highest BCUT2D eigenvalue weighted by Gasteiger charge is 2.32. The summed E-state index contributed by atoms with van der Waals surface area (Å²) in [6, 6.07) is 16.4. The monoisotopic (exact) mass is 593 g/mol. The number of hydrogen-bond donors (Lipinski definition) is 1. The van der Waals surface area contributed by atoms with E-state index >= 15 is 0 Å². The Bertz CT molecular complexity index is 1630. The largest absolute Gasteiger partial charge is 0.473 e. The number of rotatable bonds is 9. The zero-order valence-electron chi connectivity index (χ0n) is 23.7. The van der Waals surface area contributed by atoms with Crippen LogP contribution in [0.2, 0.25) is 0 Å². The molecule has 1 N–H and O–H groups in total. The minimum Gasteiger partial charge on any atom is -0.473 e. The standard InChI is InChI=1S/C32H31F4N5O2/c1-40(2)29(42)9-6-15-41-16-14-24(20-41)43-28-13-11-23(19-37-28)30(22-10-12-27-25(17-22)31(33)39-38-27)26(18-32(34,35)36)21-7-4-3-5-8-21/h3-13,17,19,24H,14-16,18,20H2,1-2H3,(H,38,39)/b9-6+,30-26-/t24-/m1/s1. The van der Waals surface area contributed by atoms with Crippen LogP contribution in [-0.2, 0) is 4.79 Å². The maximum Gasteiger partial charge on any atom is 0.393 e. The summed E-state index contributed by atoms with van der Waals surface area (Å²) in [5.74, 6) is -0.396. The van der Waals surface area contributed by atoms with E-state index in [1.54, 1.807) is 74.8 Å². The Balaban J connectivity index is 1.44. The summed E-state index contributed by atoms with van der Waals surface area (Å²) in [6.45, 7) is 2.05. The van der Waals surface area contributed by atoms with E-state index in [-0.39, 0.29) is 28.5 Å². The molecule has 1 saturated heterocycles. The van der Waals surface area contributed by atoms with Crippen molar-refractivity contribution in [3.05, 3.63) is 102 Å². The van der Waals surface area contributed by atoms with Crippen LogP contribution in [-0.4, -0.2) is 76.9 Å². The van der Waals surface area contributed by atoms with Crippen LogP contribution in [0.3, 0.4) is 0 Å². The molecule has 224 valence electrons. The van der Waals surface area contributed by atoms with Crippen molar-refractivity contribution in [3.8, 4) is 5.88 Å². The number of pyridine rings is 1. The minimum atomic E-state index is -4.50. The first-order valence-corrected chi connectivity index (χ1v) is 13.8. The molecule has 0 radical (unpaired) electrons. The van der Waals surface area contributed by atoms with Crippen LogP contribution in [0, 0.1) is 5.95 Å². The molecule has 4 aromatic rings. The average molecular weight is 594 g/mol. The molecule has 1 aliphatic rings. The van der Waals surface area contributed by atoms with Crippen molar-refractivity contribution in [3.63, 3.8) is 0 Å². The first-order chi connectivity index (χ1) is 20.6. The number of nitrogens with zero attached hydrogens (tertiary/aromatic N) is 4. The predicted octanol–water partition coefficient (Wildman–Crippen LogP) is 6.11. The molecule has 1 aliphatic heterocycles. The van der Waals surface area contributed by atoms with Gasteiger partial charge in [-0.2, -0.15) is 22.7 Å². The Kier molecular flexibility index (Phi) is 8.91. The van der Waals surface area contributed by atoms with Gasteiger partial charge in [-0.1, -0.05) is 42.5 Å². The normalized spacial score (nSPS) is 16.6. The van der Waals surface area contributed by atoms with Crippen molar-refractivity contribution in [1.29, 1.82) is 0 Å². The van der Waals surface area contributed by atoms with Crippen LogP contribution in [0.5, 0.6) is 5.88 Å². The number of nitrogens with one attached hydrogen (secondary N) is 1. The summed E-state index contributed by atoms with van der Waals surface area (Å²) in [6.07, 6.45) is -0.191. The summed E-state index contributed by atoms with van der Waals surface area (Å²) in [4.78, 5) is 19.9. The third kappa shape index (κ3) is 7.47. The third-order valence-electron chi connectivity index (χ3n) is 7.20. The number of aromatic nitrogens is 3. The number of aromatic amines is 1. The third-order valence-corrected chi connectivity index (χ3v) is 7.20. The van der Waals surface area contributed by atoms with Crippen molar-refractivity contribution in [2.24, 2.45) is 0 Å². The first kappa shape index (κ1) is 30.0. The second kappa shape index (κ2) is 12.8. The van der Waals surface area contributed by atoms with Crippen molar-refractivity contribution < 1.29 is 27.1 Å². The number of halogens is 4. The molecule has 0 unspecified atom stereocenters. The number of likely N-dealkylation sites (tertiary alicyclic amines) is 1. The zero-order valence-corrected chi connectivity index (χ0v) is 23.7. The van der Waals surface area contributed by atoms with Gasteiger partial charge in [0.1, 0.15) is 6.10 Å². The number of carbonyl (C=O) groups excluding carboxylic acids is 1. The lowest BCUT2D eigenvalue weighted by Gasteiger charge is -2.19. The number of fused-ring (bicyclic) bond motifs is 1. The van der Waals surface area contributed by atoms with Gasteiger partial charge in [0, 0.05) is 57.6 Å². The average Bonchev–Trinajstić information content (AvgIpc) is 3.59. The van der Waals surface area contributed by atoms with Crippen LogP contribution in [0.25, 0.3) is 22.0 Å². The molecule has 2 aromatic carbocycles. The molecule has 3 heterocycles. The lowest BCUT2D eigenvalue weighted by molar-refractivity contribution is -0.124. The molecule has 11 heteroatoms. The maximum atomic E-state index is 14.4. The Hall–Kier alpha value is -4.51. The number of H-pyrrole nitrogens is 1. The van der Waals surface area contributed by atoms with E-state index in [0.29, 0.717) is 41.2 Å². The molecule has 0 saturated carbocycles. The Morgan fingerprint density at radius 2 is 1.86 bits per heavy atom. The molecule has 1 atom stereocenters. The van der Waals surface area contributed by atoms with E-state index in [0.717, 1.165) is 13.0 Å². The highest BCUT2D eigenvalue weighted by Crippen LogP contribution is 2.40. The van der Waals surface area contributed by atoms with Gasteiger partial charge in [0.2, 0.25) is 17.7 Å². The fourth-order valence-electron chi connectivity index (χ4n) is 5.10. The van der Waals surface area contributed by atoms with Crippen LogP contribution in [0.1, 0.15) is 29.5 Å². The summed E-state index contributed by atoms with van der Waals surface area (Å²) < 4.78 is 62.4. The van der Waals surface area contributed by atoms with E-state index in [1.165, 1.54) is 17.2 Å². The van der Waals surface area contributed by atoms with Gasteiger partial charge in [-0.05, 0) is 46.9 Å². The first-order valence-electron chi connectivity index (χ1n) is 13.8. The van der Waals surface area contributed by atoms with E-state index < -0.39 is 18.5 Å². The molecule has 0 spiro atoms. The lowest BCUT2D eigenvalue weighted by Crippen LogP contribution is -2.25. The van der Waals surface area contributed by atoms with E-state index in [9.17, 15) is 22.4 Å². The molecule has 43 heavy (non-hydrogen) atoms. The van der Waals surface area contributed by atoms with Gasteiger partial charge in [0.25, 0.3) is 0 Å². The second-order valence-corrected chi connectivity index (χ2v) is 10.6. The molecule has 0 bridgehead atoms. The summed E-state index contributed by atoms with van der Waals surface area (Å²) in [5, 5.41) is 6.36. The SMILES string of the molecule is CN(C)C(=O)/C=C/CN1CC[C@@H](Oc2ccc(/C(=C(/CC(F)(F)F)c3ccccc3)c3ccc4n[nH]c(F)c4c3)cn2)C1. The maximum absolute atomic E-state index is 14.4. The minimum absolute atomic E-state index is 0.0408. The summed E-state index contributed by atoms with van der Waals surface area (Å²) in [5.41, 5.74) is 1.93. The molecule has 1 fully saturated rings. The summed E-state index contributed by atoms with van der Waals surface area (Å²) in [7, 11) is 3.39. The number of carbonyl (C=O) groups is 1. The number of amides is 1. The zero-order chi connectivity index (χ0) is 30.6. The van der Waals surface area contributed by atoms with E-state index in [4.69, 9.17) is 4.74 Å². The fourth-order valence-corrected chi connectivity index (χ4v) is 5.10. The number of likely N-dealkylation sites (N-methyl/N-ethyl adjacent to an activating group) is 1. The number of benzene rings is 2. The van der Waals surface area contributed by atoms with Crippen LogP contribution in [0.15, 0.2) is 79.0 Å². The Morgan fingerprint density at radius 1 is 1.09 bits per heavy atom. The Morgan fingerprint density at radius 3 is 2.56 bits per heavy atom. The molecule has 1 amide bonds. The molecular weight excluding hydrogens is 562 g/mol. The topological polar surface area (TPSA) is 74.3 Å². The number of hydrogen-bond acceptors (Lipinski definition) is 5.